The maximum Gasteiger partial charge on any atom is -0.0443 e. The minimum Gasteiger partial charge on any atom is -0.0625 e. The summed E-state index contributed by atoms with van der Waals surface area (Å²) in [6, 6.07) is 0. The molecule has 0 nitrogen and oxygen atoms in total. The molecule has 0 spiro atoms. The van der Waals surface area contributed by atoms with Crippen molar-refractivity contribution in [3.05, 3.63) is 13.8 Å². The summed E-state index contributed by atoms with van der Waals surface area (Å²) >= 11 is 0. The van der Waals surface area contributed by atoms with Gasteiger partial charge in [0, 0.05) is 0 Å². The van der Waals surface area contributed by atoms with Crippen LogP contribution in [0.5, 0.6) is 0 Å². The molecule has 180 valence electrons. The predicted molar refractivity (Wildman–Crippen MR) is 140 cm³/mol. The van der Waals surface area contributed by atoms with Gasteiger partial charge in [-0.3, -0.25) is 0 Å². The molecule has 0 fully saturated rings. The fourth-order valence-electron chi connectivity index (χ4n) is 4.67. The van der Waals surface area contributed by atoms with E-state index < -0.39 is 0 Å². The van der Waals surface area contributed by atoms with Crippen LogP contribution in [-0.2, 0) is 0 Å². The van der Waals surface area contributed by atoms with Crippen molar-refractivity contribution >= 4 is 0 Å². The molecule has 1 atom stereocenters. The quantitative estimate of drug-likeness (QED) is 0.122. The SMILES string of the molecule is [CH2]CCCCCCCCCCCCCCCCCCCCC(C)CCCCCC[CH2]. The lowest BCUT2D eigenvalue weighted by molar-refractivity contribution is 0.432. The molecule has 2 radical (unpaired) electrons. The molecule has 0 N–H and O–H groups in total. The molecule has 0 aromatic heterocycles. The molecule has 0 aliphatic carbocycles. The highest BCUT2D eigenvalue weighted by atomic mass is 14.1. The van der Waals surface area contributed by atoms with E-state index in [2.05, 4.69) is 20.8 Å². The Hall–Kier alpha value is 0. The number of unbranched alkanes of at least 4 members (excludes halogenated alkanes) is 22. The zero-order valence-electron chi connectivity index (χ0n) is 21.4. The van der Waals surface area contributed by atoms with Gasteiger partial charge in [-0.25, -0.2) is 0 Å². The van der Waals surface area contributed by atoms with Gasteiger partial charge in [0.15, 0.2) is 0 Å². The molecule has 0 aliphatic rings. The molecule has 0 saturated carbocycles. The van der Waals surface area contributed by atoms with Gasteiger partial charge in [0.2, 0.25) is 0 Å². The first-order chi connectivity index (χ1) is 14.8. The summed E-state index contributed by atoms with van der Waals surface area (Å²) in [7, 11) is 0. The van der Waals surface area contributed by atoms with Crippen molar-refractivity contribution in [1.82, 2.24) is 0 Å². The number of hydrogen-bond donors (Lipinski definition) is 0. The van der Waals surface area contributed by atoms with Crippen LogP contribution in [0, 0.1) is 19.8 Å². The second-order valence-electron chi connectivity index (χ2n) is 10.2. The molecule has 0 rings (SSSR count). The first kappa shape index (κ1) is 30.0. The van der Waals surface area contributed by atoms with Crippen molar-refractivity contribution in [3.63, 3.8) is 0 Å². The van der Waals surface area contributed by atoms with Crippen LogP contribution in [0.2, 0.25) is 0 Å². The van der Waals surface area contributed by atoms with Crippen molar-refractivity contribution in [2.24, 2.45) is 5.92 Å². The fraction of sp³-hybridized carbons (Fsp3) is 0.933. The first-order valence-electron chi connectivity index (χ1n) is 14.4. The predicted octanol–water partition coefficient (Wildman–Crippen LogP) is 11.4. The van der Waals surface area contributed by atoms with E-state index in [4.69, 9.17) is 0 Å². The molecule has 0 saturated heterocycles. The molecule has 0 amide bonds. The Morgan fingerprint density at radius 1 is 0.333 bits per heavy atom. The lowest BCUT2D eigenvalue weighted by atomic mass is 9.96. The molecule has 0 heterocycles. The van der Waals surface area contributed by atoms with Crippen molar-refractivity contribution in [3.8, 4) is 0 Å². The van der Waals surface area contributed by atoms with Crippen LogP contribution in [0.15, 0.2) is 0 Å². The summed E-state index contributed by atoms with van der Waals surface area (Å²) in [4.78, 5) is 0. The highest BCUT2D eigenvalue weighted by molar-refractivity contribution is 4.56. The van der Waals surface area contributed by atoms with Crippen LogP contribution in [0.4, 0.5) is 0 Å². The van der Waals surface area contributed by atoms with Crippen molar-refractivity contribution in [2.45, 2.75) is 174 Å². The van der Waals surface area contributed by atoms with E-state index in [-0.39, 0.29) is 0 Å². The van der Waals surface area contributed by atoms with E-state index in [1.807, 2.05) is 0 Å². The normalized spacial score (nSPS) is 12.5. The Labute approximate surface area is 193 Å². The number of hydrogen-bond acceptors (Lipinski definition) is 0. The molecule has 0 aliphatic heterocycles. The van der Waals surface area contributed by atoms with E-state index in [1.165, 1.54) is 154 Å². The Morgan fingerprint density at radius 3 is 0.767 bits per heavy atom. The minimum absolute atomic E-state index is 0.952. The average molecular weight is 421 g/mol. The second-order valence-corrected chi connectivity index (χ2v) is 10.2. The third kappa shape index (κ3) is 26.0. The topological polar surface area (TPSA) is 0 Å². The third-order valence-electron chi connectivity index (χ3n) is 6.89. The Morgan fingerprint density at radius 2 is 0.533 bits per heavy atom. The molecule has 0 heteroatoms. The molecular formula is C30H60. The van der Waals surface area contributed by atoms with Crippen molar-refractivity contribution < 1.29 is 0 Å². The highest BCUT2D eigenvalue weighted by Crippen LogP contribution is 2.19. The standard InChI is InChI=1S/C30H60/c1-4-6-8-10-11-12-13-14-15-16-17-18-19-20-21-22-23-25-27-29-30(3)28-26-24-9-7-5-2/h30H,1-2,4-29H2,3H3. The maximum absolute atomic E-state index is 3.93. The van der Waals surface area contributed by atoms with Gasteiger partial charge in [-0.05, 0) is 5.92 Å². The summed E-state index contributed by atoms with van der Waals surface area (Å²) in [5.41, 5.74) is 0. The zero-order valence-corrected chi connectivity index (χ0v) is 21.4. The Bertz CT molecular complexity index is 282. The van der Waals surface area contributed by atoms with Crippen molar-refractivity contribution in [2.75, 3.05) is 0 Å². The van der Waals surface area contributed by atoms with E-state index >= 15 is 0 Å². The molecule has 1 unspecified atom stereocenters. The van der Waals surface area contributed by atoms with Crippen LogP contribution in [0.25, 0.3) is 0 Å². The van der Waals surface area contributed by atoms with Crippen LogP contribution in [-0.4, -0.2) is 0 Å². The monoisotopic (exact) mass is 420 g/mol. The Kier molecular flexibility index (Phi) is 27.0. The van der Waals surface area contributed by atoms with Gasteiger partial charge in [-0.1, -0.05) is 188 Å². The molecule has 0 aromatic rings. The second kappa shape index (κ2) is 27.0. The van der Waals surface area contributed by atoms with E-state index in [0.29, 0.717) is 0 Å². The Balaban J connectivity index is 3.07. The van der Waals surface area contributed by atoms with Crippen LogP contribution in [0.3, 0.4) is 0 Å². The van der Waals surface area contributed by atoms with Gasteiger partial charge in [0.05, 0.1) is 0 Å². The number of rotatable bonds is 26. The van der Waals surface area contributed by atoms with Gasteiger partial charge in [-0.2, -0.15) is 0 Å². The summed E-state index contributed by atoms with van der Waals surface area (Å²) in [5, 5.41) is 0. The summed E-state index contributed by atoms with van der Waals surface area (Å²) in [6.07, 6.45) is 37.1. The fourth-order valence-corrected chi connectivity index (χ4v) is 4.67. The van der Waals surface area contributed by atoms with E-state index in [9.17, 15) is 0 Å². The van der Waals surface area contributed by atoms with Crippen LogP contribution >= 0.6 is 0 Å². The summed E-state index contributed by atoms with van der Waals surface area (Å²) in [6.45, 7) is 10.3. The first-order valence-corrected chi connectivity index (χ1v) is 14.4. The van der Waals surface area contributed by atoms with E-state index in [1.54, 1.807) is 0 Å². The zero-order chi connectivity index (χ0) is 22.0. The summed E-state index contributed by atoms with van der Waals surface area (Å²) < 4.78 is 0. The van der Waals surface area contributed by atoms with Gasteiger partial charge < -0.3 is 0 Å². The lowest BCUT2D eigenvalue weighted by Gasteiger charge is -2.11. The summed E-state index contributed by atoms with van der Waals surface area (Å²) in [5.74, 6) is 0.952. The lowest BCUT2D eigenvalue weighted by Crippen LogP contribution is -1.95. The van der Waals surface area contributed by atoms with Gasteiger partial charge in [0.25, 0.3) is 0 Å². The van der Waals surface area contributed by atoms with Crippen LogP contribution in [0.1, 0.15) is 174 Å². The third-order valence-corrected chi connectivity index (χ3v) is 6.89. The van der Waals surface area contributed by atoms with Gasteiger partial charge >= 0.3 is 0 Å². The molecule has 30 heavy (non-hydrogen) atoms. The minimum atomic E-state index is 0.952. The average Bonchev–Trinajstić information content (AvgIpc) is 2.75. The molecular weight excluding hydrogens is 360 g/mol. The van der Waals surface area contributed by atoms with Crippen molar-refractivity contribution in [1.29, 1.82) is 0 Å². The molecule has 0 bridgehead atoms. The maximum atomic E-state index is 3.93. The van der Waals surface area contributed by atoms with Gasteiger partial charge in [-0.15, -0.1) is 0 Å². The smallest absolute Gasteiger partial charge is 0.0443 e. The highest BCUT2D eigenvalue weighted by Gasteiger charge is 2.02. The van der Waals surface area contributed by atoms with Gasteiger partial charge in [0.1, 0.15) is 0 Å². The molecule has 0 aromatic carbocycles. The van der Waals surface area contributed by atoms with E-state index in [0.717, 1.165) is 18.8 Å². The largest absolute Gasteiger partial charge is 0.0625 e. The van der Waals surface area contributed by atoms with Crippen LogP contribution < -0.4 is 0 Å².